The topological polar surface area (TPSA) is 105 Å². The first-order chi connectivity index (χ1) is 17.3. The van der Waals surface area contributed by atoms with E-state index in [0.717, 1.165) is 5.56 Å². The van der Waals surface area contributed by atoms with Gasteiger partial charge in [-0.1, -0.05) is 23.9 Å². The van der Waals surface area contributed by atoms with Crippen molar-refractivity contribution < 1.29 is 23.8 Å². The van der Waals surface area contributed by atoms with Gasteiger partial charge in [0.15, 0.2) is 22.5 Å². The van der Waals surface area contributed by atoms with E-state index in [1.165, 1.54) is 11.8 Å². The van der Waals surface area contributed by atoms with Crippen LogP contribution in [0.1, 0.15) is 49.4 Å². The molecule has 0 radical (unpaired) electrons. The van der Waals surface area contributed by atoms with E-state index in [2.05, 4.69) is 15.5 Å². The van der Waals surface area contributed by atoms with E-state index in [9.17, 15) is 9.59 Å². The molecule has 3 rings (SSSR count). The van der Waals surface area contributed by atoms with Crippen molar-refractivity contribution in [2.24, 2.45) is 0 Å². The van der Waals surface area contributed by atoms with Crippen LogP contribution in [0, 0.1) is 6.92 Å². The normalized spacial score (nSPS) is 10.8. The van der Waals surface area contributed by atoms with Gasteiger partial charge in [0.1, 0.15) is 6.61 Å². The van der Waals surface area contributed by atoms with E-state index < -0.39 is 5.97 Å². The average Bonchev–Trinajstić information content (AvgIpc) is 3.24. The zero-order valence-corrected chi connectivity index (χ0v) is 22.1. The molecule has 1 amide bonds. The first-order valence-electron chi connectivity index (χ1n) is 11.8. The van der Waals surface area contributed by atoms with Gasteiger partial charge in [-0.05, 0) is 70.5 Å². The minimum Gasteiger partial charge on any atom is -0.490 e. The van der Waals surface area contributed by atoms with Gasteiger partial charge in [-0.3, -0.25) is 4.79 Å². The summed E-state index contributed by atoms with van der Waals surface area (Å²) in [4.78, 5) is 24.7. The average molecular weight is 513 g/mol. The molecule has 2 aromatic carbocycles. The Morgan fingerprint density at radius 2 is 1.86 bits per heavy atom. The third kappa shape index (κ3) is 7.48. The van der Waals surface area contributed by atoms with Crippen molar-refractivity contribution in [2.75, 3.05) is 17.7 Å². The van der Waals surface area contributed by atoms with Gasteiger partial charge in [0.25, 0.3) is 0 Å². The first-order valence-corrected chi connectivity index (χ1v) is 12.8. The Bertz CT molecular complexity index is 1190. The number of hydrogen-bond acceptors (Lipinski definition) is 8. The van der Waals surface area contributed by atoms with E-state index in [1.54, 1.807) is 38.1 Å². The molecular formula is C26H32N4O5S. The van der Waals surface area contributed by atoms with Crippen molar-refractivity contribution in [1.29, 1.82) is 0 Å². The fourth-order valence-electron chi connectivity index (χ4n) is 3.33. The maximum atomic E-state index is 12.5. The molecule has 0 atom stereocenters. The SMILES string of the molecule is CCOc1cc(C)ccc1OCc1nnc(SCC(=O)Nc2cccc(C(=O)OC(C)C)c2)n1CC. The van der Waals surface area contributed by atoms with Crippen molar-refractivity contribution in [2.45, 2.75) is 59.0 Å². The number of rotatable bonds is 12. The molecule has 0 spiro atoms. The summed E-state index contributed by atoms with van der Waals surface area (Å²) in [5, 5.41) is 11.9. The highest BCUT2D eigenvalue weighted by Gasteiger charge is 2.16. The quantitative estimate of drug-likeness (QED) is 0.270. The van der Waals surface area contributed by atoms with Crippen molar-refractivity contribution in [3.63, 3.8) is 0 Å². The van der Waals surface area contributed by atoms with Crippen LogP contribution in [0.25, 0.3) is 0 Å². The molecule has 192 valence electrons. The number of nitrogens with one attached hydrogen (secondary N) is 1. The monoisotopic (exact) mass is 512 g/mol. The van der Waals surface area contributed by atoms with Crippen LogP contribution in [0.5, 0.6) is 11.5 Å². The Morgan fingerprint density at radius 1 is 1.06 bits per heavy atom. The molecule has 1 N–H and O–H groups in total. The molecule has 0 bridgehead atoms. The molecule has 1 aromatic heterocycles. The van der Waals surface area contributed by atoms with Crippen LogP contribution in [0.4, 0.5) is 5.69 Å². The van der Waals surface area contributed by atoms with Crippen LogP contribution in [0.3, 0.4) is 0 Å². The van der Waals surface area contributed by atoms with Crippen molar-refractivity contribution in [3.05, 3.63) is 59.4 Å². The lowest BCUT2D eigenvalue weighted by Crippen LogP contribution is -2.16. The molecule has 0 aliphatic heterocycles. The van der Waals surface area contributed by atoms with Crippen LogP contribution in [0.2, 0.25) is 0 Å². The highest BCUT2D eigenvalue weighted by Crippen LogP contribution is 2.29. The second-order valence-corrected chi connectivity index (χ2v) is 9.13. The summed E-state index contributed by atoms with van der Waals surface area (Å²) >= 11 is 1.28. The van der Waals surface area contributed by atoms with Gasteiger partial charge >= 0.3 is 5.97 Å². The minimum atomic E-state index is -0.430. The number of nitrogens with zero attached hydrogens (tertiary/aromatic N) is 3. The molecule has 3 aromatic rings. The molecule has 10 heteroatoms. The van der Waals surface area contributed by atoms with Gasteiger partial charge in [0.05, 0.1) is 24.0 Å². The van der Waals surface area contributed by atoms with Gasteiger partial charge in [-0.25, -0.2) is 4.79 Å². The maximum Gasteiger partial charge on any atom is 0.338 e. The minimum absolute atomic E-state index is 0.131. The smallest absolute Gasteiger partial charge is 0.338 e. The predicted molar refractivity (Wildman–Crippen MR) is 139 cm³/mol. The molecule has 0 unspecified atom stereocenters. The number of anilines is 1. The van der Waals surface area contributed by atoms with Crippen LogP contribution >= 0.6 is 11.8 Å². The zero-order valence-electron chi connectivity index (χ0n) is 21.2. The molecule has 36 heavy (non-hydrogen) atoms. The number of thioether (sulfide) groups is 1. The highest BCUT2D eigenvalue weighted by molar-refractivity contribution is 7.99. The fourth-order valence-corrected chi connectivity index (χ4v) is 4.15. The Hall–Kier alpha value is -3.53. The number of ether oxygens (including phenoxy) is 3. The number of carbonyl (C=O) groups is 2. The summed E-state index contributed by atoms with van der Waals surface area (Å²) in [6.07, 6.45) is -0.220. The molecule has 0 saturated heterocycles. The molecule has 0 saturated carbocycles. The number of esters is 1. The maximum absolute atomic E-state index is 12.5. The molecule has 1 heterocycles. The van der Waals surface area contributed by atoms with Gasteiger partial charge in [0.2, 0.25) is 5.91 Å². The van der Waals surface area contributed by atoms with Gasteiger partial charge in [-0.15, -0.1) is 10.2 Å². The molecule has 9 nitrogen and oxygen atoms in total. The lowest BCUT2D eigenvalue weighted by molar-refractivity contribution is -0.113. The first kappa shape index (κ1) is 27.1. The predicted octanol–water partition coefficient (Wildman–Crippen LogP) is 4.88. The number of hydrogen-bond donors (Lipinski definition) is 1. The Labute approximate surface area is 215 Å². The fraction of sp³-hybridized carbons (Fsp3) is 0.385. The summed E-state index contributed by atoms with van der Waals surface area (Å²) in [6, 6.07) is 12.4. The highest BCUT2D eigenvalue weighted by atomic mass is 32.2. The van der Waals surface area contributed by atoms with Crippen molar-refractivity contribution >= 4 is 29.3 Å². The van der Waals surface area contributed by atoms with Gasteiger partial charge in [-0.2, -0.15) is 0 Å². The van der Waals surface area contributed by atoms with Crippen molar-refractivity contribution in [1.82, 2.24) is 14.8 Å². The summed E-state index contributed by atoms with van der Waals surface area (Å²) in [5.41, 5.74) is 1.99. The molecule has 0 fully saturated rings. The van der Waals surface area contributed by atoms with Crippen LogP contribution < -0.4 is 14.8 Å². The summed E-state index contributed by atoms with van der Waals surface area (Å²) in [7, 11) is 0. The van der Waals surface area contributed by atoms with Crippen LogP contribution in [-0.4, -0.2) is 45.1 Å². The van der Waals surface area contributed by atoms with Crippen molar-refractivity contribution in [3.8, 4) is 11.5 Å². The van der Waals surface area contributed by atoms with Crippen LogP contribution in [0.15, 0.2) is 47.6 Å². The zero-order chi connectivity index (χ0) is 26.1. The Morgan fingerprint density at radius 3 is 2.58 bits per heavy atom. The third-order valence-electron chi connectivity index (χ3n) is 4.92. The second-order valence-electron chi connectivity index (χ2n) is 8.19. The largest absolute Gasteiger partial charge is 0.490 e. The molecule has 0 aliphatic carbocycles. The summed E-state index contributed by atoms with van der Waals surface area (Å²) < 4.78 is 18.8. The summed E-state index contributed by atoms with van der Waals surface area (Å²) in [5.74, 6) is 1.46. The third-order valence-corrected chi connectivity index (χ3v) is 5.89. The van der Waals surface area contributed by atoms with E-state index in [1.807, 2.05) is 43.5 Å². The Kier molecular flexibility index (Phi) is 9.75. The van der Waals surface area contributed by atoms with E-state index in [4.69, 9.17) is 14.2 Å². The Balaban J connectivity index is 1.59. The summed E-state index contributed by atoms with van der Waals surface area (Å²) in [6.45, 7) is 10.9. The van der Waals surface area contributed by atoms with E-state index >= 15 is 0 Å². The number of aryl methyl sites for hydroxylation is 1. The molecule has 0 aliphatic rings. The number of amides is 1. The number of carbonyl (C=O) groups excluding carboxylic acids is 2. The van der Waals surface area contributed by atoms with Gasteiger partial charge < -0.3 is 24.1 Å². The lowest BCUT2D eigenvalue weighted by Gasteiger charge is -2.13. The van der Waals surface area contributed by atoms with Gasteiger partial charge in [0, 0.05) is 12.2 Å². The van der Waals surface area contributed by atoms with E-state index in [0.29, 0.717) is 46.9 Å². The molecular weight excluding hydrogens is 480 g/mol. The standard InChI is InChI=1S/C26H32N4O5S/c1-6-30-23(15-34-21-12-11-18(5)13-22(21)33-7-2)28-29-26(30)36-16-24(31)27-20-10-8-9-19(14-20)25(32)35-17(3)4/h8-14,17H,6-7,15-16H2,1-5H3,(H,27,31). The van der Waals surface area contributed by atoms with Crippen LogP contribution in [-0.2, 0) is 22.7 Å². The number of aromatic nitrogens is 3. The lowest BCUT2D eigenvalue weighted by atomic mass is 10.2. The number of benzene rings is 2. The second kappa shape index (κ2) is 13.0. The van der Waals surface area contributed by atoms with E-state index in [-0.39, 0.29) is 24.4 Å².